The molecule has 3 heteroatoms. The molecule has 0 spiro atoms. The van der Waals surface area contributed by atoms with Crippen LogP contribution >= 0.6 is 0 Å². The van der Waals surface area contributed by atoms with Gasteiger partial charge in [-0.3, -0.25) is 4.90 Å². The van der Waals surface area contributed by atoms with E-state index in [1.54, 1.807) is 6.07 Å². The van der Waals surface area contributed by atoms with Gasteiger partial charge in [-0.1, -0.05) is 60.2 Å². The number of benzene rings is 2. The maximum Gasteiger partial charge on any atom is 0.120 e. The topological polar surface area (TPSA) is 43.7 Å². The molecular weight excluding hydrogens is 310 g/mol. The van der Waals surface area contributed by atoms with Gasteiger partial charge in [0.15, 0.2) is 0 Å². The summed E-state index contributed by atoms with van der Waals surface area (Å²) >= 11 is 0. The van der Waals surface area contributed by atoms with E-state index >= 15 is 0 Å². The first-order valence-corrected chi connectivity index (χ1v) is 8.99. The number of aliphatic hydroxyl groups excluding tert-OH is 1. The molecule has 0 fully saturated rings. The fraction of sp³-hybridized carbons (Fsp3) is 0.364. The van der Waals surface area contributed by atoms with E-state index in [1.807, 2.05) is 42.5 Å². The molecular formula is C22H27NO2. The Morgan fingerprint density at radius 2 is 1.80 bits per heavy atom. The molecule has 132 valence electrons. The van der Waals surface area contributed by atoms with Crippen LogP contribution in [0.5, 0.6) is 5.75 Å². The number of aliphatic hydroxyl groups is 1. The first kappa shape index (κ1) is 17.7. The van der Waals surface area contributed by atoms with Gasteiger partial charge in [0.05, 0.1) is 6.10 Å². The van der Waals surface area contributed by atoms with Gasteiger partial charge in [0.2, 0.25) is 0 Å². The monoisotopic (exact) mass is 337 g/mol. The summed E-state index contributed by atoms with van der Waals surface area (Å²) in [6.07, 6.45) is 5.49. The molecule has 3 nitrogen and oxygen atoms in total. The minimum absolute atomic E-state index is 0.0985. The van der Waals surface area contributed by atoms with E-state index in [0.717, 1.165) is 24.1 Å². The summed E-state index contributed by atoms with van der Waals surface area (Å²) in [5.41, 5.74) is 3.11. The third kappa shape index (κ3) is 4.12. The Kier molecular flexibility index (Phi) is 5.57. The van der Waals surface area contributed by atoms with E-state index in [2.05, 4.69) is 30.9 Å². The minimum atomic E-state index is -0.476. The van der Waals surface area contributed by atoms with Crippen molar-refractivity contribution < 1.29 is 10.2 Å². The Hall–Kier alpha value is -2.10. The first-order chi connectivity index (χ1) is 12.1. The lowest BCUT2D eigenvalue weighted by molar-refractivity contribution is 0.0823. The number of hydrogen-bond acceptors (Lipinski definition) is 3. The highest BCUT2D eigenvalue weighted by Gasteiger charge is 2.28. The van der Waals surface area contributed by atoms with Crippen LogP contribution in [0.4, 0.5) is 0 Å². The third-order valence-electron chi connectivity index (χ3n) is 5.20. The molecule has 0 radical (unpaired) electrons. The van der Waals surface area contributed by atoms with Gasteiger partial charge in [0, 0.05) is 24.2 Å². The molecule has 0 aliphatic carbocycles. The number of aromatic hydroxyl groups is 1. The smallest absolute Gasteiger partial charge is 0.120 e. The number of aryl methyl sites for hydroxylation is 1. The summed E-state index contributed by atoms with van der Waals surface area (Å²) in [4.78, 5) is 2.37. The average Bonchev–Trinajstić information content (AvgIpc) is 2.62. The second-order valence-electron chi connectivity index (χ2n) is 6.95. The van der Waals surface area contributed by atoms with Crippen molar-refractivity contribution in [1.29, 1.82) is 0 Å². The Balaban J connectivity index is 1.76. The summed E-state index contributed by atoms with van der Waals surface area (Å²) in [7, 11) is 0. The molecule has 0 amide bonds. The van der Waals surface area contributed by atoms with E-state index < -0.39 is 6.10 Å². The van der Waals surface area contributed by atoms with Crippen molar-refractivity contribution in [2.24, 2.45) is 0 Å². The molecule has 0 aromatic heterocycles. The van der Waals surface area contributed by atoms with Crippen molar-refractivity contribution in [2.75, 3.05) is 6.54 Å². The maximum atomic E-state index is 10.7. The van der Waals surface area contributed by atoms with E-state index in [-0.39, 0.29) is 12.1 Å². The molecule has 3 rings (SSSR count). The number of rotatable bonds is 5. The van der Waals surface area contributed by atoms with Crippen molar-refractivity contribution >= 4 is 0 Å². The molecule has 1 aliphatic rings. The number of para-hydroxylation sites is 1. The van der Waals surface area contributed by atoms with Crippen LogP contribution in [0, 0.1) is 6.92 Å². The molecule has 1 heterocycles. The lowest BCUT2D eigenvalue weighted by Crippen LogP contribution is -2.40. The lowest BCUT2D eigenvalue weighted by Gasteiger charge is -2.39. The van der Waals surface area contributed by atoms with Gasteiger partial charge in [-0.25, -0.2) is 0 Å². The summed E-state index contributed by atoms with van der Waals surface area (Å²) in [5.74, 6) is 0.336. The summed E-state index contributed by atoms with van der Waals surface area (Å²) in [6, 6.07) is 16.0. The highest BCUT2D eigenvalue weighted by molar-refractivity contribution is 5.34. The number of nitrogens with zero attached hydrogens (tertiary/aromatic N) is 1. The molecule has 1 aliphatic heterocycles. The van der Waals surface area contributed by atoms with Crippen LogP contribution in [0.25, 0.3) is 0 Å². The summed E-state index contributed by atoms with van der Waals surface area (Å²) < 4.78 is 0. The van der Waals surface area contributed by atoms with Crippen molar-refractivity contribution in [3.05, 3.63) is 77.4 Å². The number of phenolic OH excluding ortho intramolecular Hbond substituents is 1. The Labute approximate surface area is 150 Å². The fourth-order valence-electron chi connectivity index (χ4n) is 3.64. The predicted octanol–water partition coefficient (Wildman–Crippen LogP) is 4.52. The molecule has 2 N–H and O–H groups in total. The van der Waals surface area contributed by atoms with Crippen molar-refractivity contribution in [2.45, 2.75) is 44.9 Å². The molecule has 2 aromatic carbocycles. The van der Waals surface area contributed by atoms with Crippen LogP contribution in [0.3, 0.4) is 0 Å². The predicted molar refractivity (Wildman–Crippen MR) is 102 cm³/mol. The van der Waals surface area contributed by atoms with Crippen LogP contribution in [0.15, 0.2) is 60.7 Å². The van der Waals surface area contributed by atoms with Crippen LogP contribution in [0.2, 0.25) is 0 Å². The zero-order valence-electron chi connectivity index (χ0n) is 15.0. The van der Waals surface area contributed by atoms with Crippen molar-refractivity contribution in [3.8, 4) is 5.75 Å². The normalized spacial score (nSPS) is 20.4. The van der Waals surface area contributed by atoms with Gasteiger partial charge >= 0.3 is 0 Å². The highest BCUT2D eigenvalue weighted by atomic mass is 16.3. The second kappa shape index (κ2) is 7.85. The van der Waals surface area contributed by atoms with Crippen LogP contribution in [0.1, 0.15) is 48.6 Å². The first-order valence-electron chi connectivity index (χ1n) is 8.99. The molecule has 0 saturated carbocycles. The van der Waals surface area contributed by atoms with E-state index in [0.29, 0.717) is 12.2 Å². The van der Waals surface area contributed by atoms with Gasteiger partial charge in [-0.15, -0.1) is 0 Å². The maximum absolute atomic E-state index is 10.7. The second-order valence-corrected chi connectivity index (χ2v) is 6.95. The van der Waals surface area contributed by atoms with Crippen molar-refractivity contribution in [3.63, 3.8) is 0 Å². The third-order valence-corrected chi connectivity index (χ3v) is 5.20. The van der Waals surface area contributed by atoms with Gasteiger partial charge < -0.3 is 10.2 Å². The Morgan fingerprint density at radius 3 is 2.52 bits per heavy atom. The molecule has 25 heavy (non-hydrogen) atoms. The van der Waals surface area contributed by atoms with Gasteiger partial charge in [-0.2, -0.15) is 0 Å². The van der Waals surface area contributed by atoms with E-state index in [1.165, 1.54) is 5.56 Å². The van der Waals surface area contributed by atoms with Crippen LogP contribution < -0.4 is 0 Å². The standard InChI is InChI=1S/C22H27NO2/c1-16-10-12-18(13-11-16)22(25)15-19-7-5-6-14-23(19)17(2)20-8-3-4-9-21(20)24/h3-6,8-13,17,19,22,24-25H,7,14-15H2,1-2H3/t17?,19?,22-/m0/s1. The Bertz CT molecular complexity index is 723. The zero-order valence-corrected chi connectivity index (χ0v) is 15.0. The quantitative estimate of drug-likeness (QED) is 0.789. The highest BCUT2D eigenvalue weighted by Crippen LogP contribution is 2.34. The largest absolute Gasteiger partial charge is 0.508 e. The van der Waals surface area contributed by atoms with Crippen LogP contribution in [-0.4, -0.2) is 27.7 Å². The molecule has 0 bridgehead atoms. The molecule has 0 saturated heterocycles. The summed E-state index contributed by atoms with van der Waals surface area (Å²) in [6.45, 7) is 5.01. The average molecular weight is 337 g/mol. The molecule has 2 unspecified atom stereocenters. The van der Waals surface area contributed by atoms with Gasteiger partial charge in [-0.05, 0) is 38.3 Å². The minimum Gasteiger partial charge on any atom is -0.508 e. The van der Waals surface area contributed by atoms with Crippen LogP contribution in [-0.2, 0) is 0 Å². The van der Waals surface area contributed by atoms with E-state index in [9.17, 15) is 10.2 Å². The van der Waals surface area contributed by atoms with Gasteiger partial charge in [0.1, 0.15) is 5.75 Å². The number of phenols is 1. The molecule has 3 atom stereocenters. The zero-order chi connectivity index (χ0) is 17.8. The van der Waals surface area contributed by atoms with Crippen molar-refractivity contribution in [1.82, 2.24) is 4.90 Å². The van der Waals surface area contributed by atoms with Gasteiger partial charge in [0.25, 0.3) is 0 Å². The van der Waals surface area contributed by atoms with E-state index in [4.69, 9.17) is 0 Å². The molecule has 2 aromatic rings. The summed E-state index contributed by atoms with van der Waals surface area (Å²) in [5, 5.41) is 20.9. The Morgan fingerprint density at radius 1 is 1.08 bits per heavy atom. The lowest BCUT2D eigenvalue weighted by atomic mass is 9.93. The fourth-order valence-corrected chi connectivity index (χ4v) is 3.64. The SMILES string of the molecule is Cc1ccc([C@@H](O)CC2CC=CCN2C(C)c2ccccc2O)cc1. The number of hydrogen-bond donors (Lipinski definition) is 2.